The van der Waals surface area contributed by atoms with E-state index in [4.69, 9.17) is 0 Å². The van der Waals surface area contributed by atoms with Crippen LogP contribution in [0.15, 0.2) is 42.5 Å². The minimum absolute atomic E-state index is 0.0985. The molecule has 1 saturated heterocycles. The van der Waals surface area contributed by atoms with E-state index < -0.39 is 5.82 Å². The van der Waals surface area contributed by atoms with E-state index in [1.165, 1.54) is 27.2 Å². The Kier molecular flexibility index (Phi) is 4.49. The maximum Gasteiger partial charge on any atom is 0.325 e. The molecular weight excluding hydrogens is 367 g/mol. The summed E-state index contributed by atoms with van der Waals surface area (Å²) in [5.74, 6) is -0.781. The van der Waals surface area contributed by atoms with Gasteiger partial charge in [-0.15, -0.1) is 0 Å². The molecular formula is C19H17FN4O2S. The average molecular weight is 384 g/mol. The van der Waals surface area contributed by atoms with Crippen LogP contribution in [0.5, 0.6) is 0 Å². The molecule has 0 radical (unpaired) electrons. The number of carbonyl (C=O) groups is 2. The number of aromatic nitrogens is 1. The second kappa shape index (κ2) is 6.96. The van der Waals surface area contributed by atoms with Gasteiger partial charge in [0.2, 0.25) is 5.91 Å². The van der Waals surface area contributed by atoms with Gasteiger partial charge in [0.05, 0.1) is 15.9 Å². The number of nitrogens with one attached hydrogen (secondary N) is 1. The summed E-state index contributed by atoms with van der Waals surface area (Å²) in [7, 11) is 0. The van der Waals surface area contributed by atoms with Gasteiger partial charge in [-0.1, -0.05) is 29.5 Å². The van der Waals surface area contributed by atoms with Gasteiger partial charge in [0.15, 0.2) is 5.13 Å². The van der Waals surface area contributed by atoms with E-state index >= 15 is 0 Å². The van der Waals surface area contributed by atoms with Gasteiger partial charge in [0.1, 0.15) is 12.4 Å². The van der Waals surface area contributed by atoms with Crippen molar-refractivity contribution in [3.8, 4) is 0 Å². The number of anilines is 2. The second-order valence-electron chi connectivity index (χ2n) is 6.35. The molecule has 2 aromatic carbocycles. The number of thiazole rings is 1. The first-order valence-electron chi connectivity index (χ1n) is 8.49. The van der Waals surface area contributed by atoms with Gasteiger partial charge in [-0.25, -0.2) is 14.2 Å². The van der Waals surface area contributed by atoms with Crippen LogP contribution >= 0.6 is 11.3 Å². The quantitative estimate of drug-likeness (QED) is 0.747. The zero-order valence-electron chi connectivity index (χ0n) is 14.6. The van der Waals surface area contributed by atoms with Crippen molar-refractivity contribution in [3.63, 3.8) is 0 Å². The van der Waals surface area contributed by atoms with Crippen molar-refractivity contribution in [3.05, 3.63) is 53.8 Å². The van der Waals surface area contributed by atoms with Crippen molar-refractivity contribution in [2.45, 2.75) is 6.92 Å². The number of halogens is 1. The van der Waals surface area contributed by atoms with Crippen LogP contribution < -0.4 is 10.2 Å². The normalized spacial score (nSPS) is 14.2. The van der Waals surface area contributed by atoms with Crippen LogP contribution in [0.2, 0.25) is 0 Å². The van der Waals surface area contributed by atoms with E-state index in [9.17, 15) is 14.0 Å². The van der Waals surface area contributed by atoms with E-state index in [2.05, 4.69) is 10.3 Å². The van der Waals surface area contributed by atoms with Crippen LogP contribution in [0, 0.1) is 12.7 Å². The summed E-state index contributed by atoms with van der Waals surface area (Å²) in [6.07, 6.45) is 0. The summed E-state index contributed by atoms with van der Waals surface area (Å²) >= 11 is 1.39. The van der Waals surface area contributed by atoms with Gasteiger partial charge in [0, 0.05) is 13.1 Å². The van der Waals surface area contributed by atoms with Gasteiger partial charge in [-0.2, -0.15) is 0 Å². The third kappa shape index (κ3) is 3.48. The first kappa shape index (κ1) is 17.4. The SMILES string of the molecule is Cc1ccc2nc(NC(=O)CN3CCN(c4ccccc4F)C3=O)sc2c1. The largest absolute Gasteiger partial charge is 0.325 e. The van der Waals surface area contributed by atoms with E-state index in [0.717, 1.165) is 15.8 Å². The maximum atomic E-state index is 13.9. The lowest BCUT2D eigenvalue weighted by molar-refractivity contribution is -0.116. The molecule has 1 aliphatic heterocycles. The van der Waals surface area contributed by atoms with Crippen molar-refractivity contribution in [1.82, 2.24) is 9.88 Å². The standard InChI is InChI=1S/C19H17FN4O2S/c1-12-6-7-14-16(10-12)27-18(21-14)22-17(25)11-23-8-9-24(19(23)26)15-5-3-2-4-13(15)20/h2-7,10H,8-9,11H2,1H3,(H,21,22,25). The highest BCUT2D eigenvalue weighted by Crippen LogP contribution is 2.27. The second-order valence-corrected chi connectivity index (χ2v) is 7.38. The molecule has 0 bridgehead atoms. The predicted octanol–water partition coefficient (Wildman–Crippen LogP) is 3.62. The summed E-state index contributed by atoms with van der Waals surface area (Å²) in [6.45, 7) is 2.60. The Bertz CT molecular complexity index is 1040. The molecule has 0 atom stereocenters. The molecule has 8 heteroatoms. The lowest BCUT2D eigenvalue weighted by Crippen LogP contribution is -2.37. The van der Waals surface area contributed by atoms with E-state index in [0.29, 0.717) is 18.2 Å². The fourth-order valence-electron chi connectivity index (χ4n) is 3.04. The number of aryl methyl sites for hydroxylation is 1. The Morgan fingerprint density at radius 3 is 2.89 bits per heavy atom. The van der Waals surface area contributed by atoms with Crippen molar-refractivity contribution in [2.75, 3.05) is 29.9 Å². The highest BCUT2D eigenvalue weighted by molar-refractivity contribution is 7.22. The molecule has 3 amide bonds. The van der Waals surface area contributed by atoms with Gasteiger partial charge in [-0.05, 0) is 36.8 Å². The Morgan fingerprint density at radius 2 is 2.07 bits per heavy atom. The van der Waals surface area contributed by atoms with Crippen LogP contribution in [0.3, 0.4) is 0 Å². The number of nitrogens with zero attached hydrogens (tertiary/aromatic N) is 3. The summed E-state index contributed by atoms with van der Waals surface area (Å²) in [5.41, 5.74) is 2.18. The Balaban J connectivity index is 1.42. The van der Waals surface area contributed by atoms with Crippen LogP contribution in [-0.4, -0.2) is 41.5 Å². The number of hydrogen-bond acceptors (Lipinski definition) is 4. The Morgan fingerprint density at radius 1 is 1.26 bits per heavy atom. The lowest BCUT2D eigenvalue weighted by atomic mass is 10.2. The highest BCUT2D eigenvalue weighted by atomic mass is 32.1. The number of amides is 3. The van der Waals surface area contributed by atoms with Crippen molar-refractivity contribution < 1.29 is 14.0 Å². The zero-order chi connectivity index (χ0) is 19.0. The van der Waals surface area contributed by atoms with Gasteiger partial charge >= 0.3 is 6.03 Å². The number of benzene rings is 2. The number of urea groups is 1. The first-order valence-corrected chi connectivity index (χ1v) is 9.31. The number of para-hydroxylation sites is 1. The number of carbonyl (C=O) groups excluding carboxylic acids is 2. The monoisotopic (exact) mass is 384 g/mol. The van der Waals surface area contributed by atoms with Gasteiger partial charge in [0.25, 0.3) is 0 Å². The van der Waals surface area contributed by atoms with E-state index in [1.807, 2.05) is 25.1 Å². The summed E-state index contributed by atoms with van der Waals surface area (Å²) in [6, 6.07) is 11.6. The minimum Gasteiger partial charge on any atom is -0.313 e. The zero-order valence-corrected chi connectivity index (χ0v) is 15.4. The molecule has 6 nitrogen and oxygen atoms in total. The topological polar surface area (TPSA) is 65.5 Å². The van der Waals surface area contributed by atoms with Crippen molar-refractivity contribution >= 4 is 44.3 Å². The van der Waals surface area contributed by atoms with Gasteiger partial charge < -0.3 is 10.2 Å². The van der Waals surface area contributed by atoms with Crippen LogP contribution in [0.1, 0.15) is 5.56 Å². The molecule has 0 spiro atoms. The third-order valence-corrected chi connectivity index (χ3v) is 5.30. The maximum absolute atomic E-state index is 13.9. The summed E-state index contributed by atoms with van der Waals surface area (Å²) in [5, 5.41) is 3.24. The van der Waals surface area contributed by atoms with Crippen LogP contribution in [0.25, 0.3) is 10.2 Å². The summed E-state index contributed by atoms with van der Waals surface area (Å²) in [4.78, 5) is 32.0. The molecule has 27 heavy (non-hydrogen) atoms. The predicted molar refractivity (Wildman–Crippen MR) is 104 cm³/mol. The van der Waals surface area contributed by atoms with Crippen molar-refractivity contribution in [2.24, 2.45) is 0 Å². The number of hydrogen-bond donors (Lipinski definition) is 1. The molecule has 0 aliphatic carbocycles. The number of rotatable bonds is 4. The molecule has 138 valence electrons. The van der Waals surface area contributed by atoms with Gasteiger partial charge in [-0.3, -0.25) is 9.69 Å². The smallest absolute Gasteiger partial charge is 0.313 e. The molecule has 0 saturated carbocycles. The summed E-state index contributed by atoms with van der Waals surface area (Å²) < 4.78 is 14.9. The fraction of sp³-hybridized carbons (Fsp3) is 0.211. The molecule has 1 N–H and O–H groups in total. The highest BCUT2D eigenvalue weighted by Gasteiger charge is 2.32. The van der Waals surface area contributed by atoms with Crippen molar-refractivity contribution in [1.29, 1.82) is 0 Å². The molecule has 2 heterocycles. The Hall–Kier alpha value is -3.00. The van der Waals surface area contributed by atoms with E-state index in [1.54, 1.807) is 18.2 Å². The van der Waals surface area contributed by atoms with E-state index in [-0.39, 0.29) is 24.2 Å². The molecule has 1 aliphatic rings. The van der Waals surface area contributed by atoms with Crippen LogP contribution in [-0.2, 0) is 4.79 Å². The molecule has 1 aromatic heterocycles. The molecule has 0 unspecified atom stereocenters. The minimum atomic E-state index is -0.457. The molecule has 4 rings (SSSR count). The Labute approximate surface area is 159 Å². The first-order chi connectivity index (χ1) is 13.0. The third-order valence-electron chi connectivity index (χ3n) is 4.36. The molecule has 3 aromatic rings. The lowest BCUT2D eigenvalue weighted by Gasteiger charge is -2.18. The van der Waals surface area contributed by atoms with Crippen LogP contribution in [0.4, 0.5) is 20.0 Å². The average Bonchev–Trinajstić information content (AvgIpc) is 3.18. The molecule has 1 fully saturated rings. The fourth-order valence-corrected chi connectivity index (χ4v) is 4.02. The number of fused-ring (bicyclic) bond motifs is 1.